The van der Waals surface area contributed by atoms with E-state index in [2.05, 4.69) is 25.7 Å². The van der Waals surface area contributed by atoms with Gasteiger partial charge in [0, 0.05) is 12.6 Å². The van der Waals surface area contributed by atoms with Crippen molar-refractivity contribution in [3.8, 4) is 0 Å². The average Bonchev–Trinajstić information content (AvgIpc) is 2.37. The van der Waals surface area contributed by atoms with Crippen LogP contribution in [0.5, 0.6) is 0 Å². The predicted molar refractivity (Wildman–Crippen MR) is 86.1 cm³/mol. The van der Waals surface area contributed by atoms with Crippen molar-refractivity contribution < 1.29 is 24.4 Å². The zero-order chi connectivity index (χ0) is 16.7. The van der Waals surface area contributed by atoms with E-state index in [1.807, 2.05) is 0 Å². The second-order valence-electron chi connectivity index (χ2n) is 5.21. The second kappa shape index (κ2) is 14.9. The highest BCUT2D eigenvalue weighted by Gasteiger charge is 2.15. The first-order valence-electron chi connectivity index (χ1n) is 7.93. The summed E-state index contributed by atoms with van der Waals surface area (Å²) in [6.07, 6.45) is 8.50. The molecule has 0 fully saturated rings. The van der Waals surface area contributed by atoms with Gasteiger partial charge < -0.3 is 24.7 Å². The molecule has 1 atom stereocenters. The Hall–Kier alpha value is 0.0300. The molecule has 0 aromatic rings. The van der Waals surface area contributed by atoms with E-state index in [1.165, 1.54) is 51.6 Å². The van der Waals surface area contributed by atoms with Gasteiger partial charge >= 0.3 is 7.82 Å². The lowest BCUT2D eigenvalue weighted by atomic mass is 10.1. The Labute approximate surface area is 129 Å². The highest BCUT2D eigenvalue weighted by atomic mass is 31.2. The summed E-state index contributed by atoms with van der Waals surface area (Å²) < 4.78 is 8.88. The topological polar surface area (TPSA) is 101 Å². The molecule has 0 saturated carbocycles. The van der Waals surface area contributed by atoms with Crippen LogP contribution in [-0.4, -0.2) is 50.4 Å². The molecule has 6 nitrogen and oxygen atoms in total. The number of hydrogen-bond donors (Lipinski definition) is 4. The third-order valence-corrected chi connectivity index (χ3v) is 3.20. The SMILES string of the molecule is CCCCN(CCCC)C(CCC)CCO.O=P(O)(O)O. The maximum atomic E-state index is 9.14. The number of rotatable bonds is 11. The molecular weight excluding hydrogens is 293 g/mol. The Kier molecular flexibility index (Phi) is 16.6. The van der Waals surface area contributed by atoms with E-state index in [9.17, 15) is 0 Å². The Morgan fingerprint density at radius 1 is 0.905 bits per heavy atom. The summed E-state index contributed by atoms with van der Waals surface area (Å²) in [5.74, 6) is 0. The van der Waals surface area contributed by atoms with Crippen LogP contribution in [-0.2, 0) is 4.57 Å². The van der Waals surface area contributed by atoms with E-state index in [0.29, 0.717) is 12.6 Å². The Morgan fingerprint density at radius 2 is 1.33 bits per heavy atom. The normalized spacial score (nSPS) is 13.0. The summed E-state index contributed by atoms with van der Waals surface area (Å²) in [5.41, 5.74) is 0. The predicted octanol–water partition coefficient (Wildman–Crippen LogP) is 2.51. The summed E-state index contributed by atoms with van der Waals surface area (Å²) in [7, 11) is -4.64. The summed E-state index contributed by atoms with van der Waals surface area (Å²) in [6.45, 7) is 9.49. The molecule has 0 amide bonds. The van der Waals surface area contributed by atoms with Crippen LogP contribution in [0.3, 0.4) is 0 Å². The summed E-state index contributed by atoms with van der Waals surface area (Å²) >= 11 is 0. The van der Waals surface area contributed by atoms with Crippen molar-refractivity contribution in [1.29, 1.82) is 0 Å². The zero-order valence-corrected chi connectivity index (χ0v) is 14.6. The molecule has 21 heavy (non-hydrogen) atoms. The standard InChI is InChI=1S/C14H31NO.H3O4P/c1-4-7-11-15(12-8-5-2)14(9-6-3)10-13-16;1-5(2,3)4/h14,16H,4-13H2,1-3H3;(H3,1,2,3,4). The monoisotopic (exact) mass is 327 g/mol. The van der Waals surface area contributed by atoms with Crippen molar-refractivity contribution in [1.82, 2.24) is 4.90 Å². The number of aliphatic hydroxyl groups excluding tert-OH is 1. The fourth-order valence-corrected chi connectivity index (χ4v) is 2.19. The van der Waals surface area contributed by atoms with Gasteiger partial charge in [-0.25, -0.2) is 4.57 Å². The van der Waals surface area contributed by atoms with Crippen LogP contribution in [0.15, 0.2) is 0 Å². The minimum atomic E-state index is -4.64. The van der Waals surface area contributed by atoms with Crippen molar-refractivity contribution in [3.63, 3.8) is 0 Å². The molecule has 130 valence electrons. The van der Waals surface area contributed by atoms with Crippen molar-refractivity contribution in [2.24, 2.45) is 0 Å². The van der Waals surface area contributed by atoms with E-state index >= 15 is 0 Å². The molecule has 4 N–H and O–H groups in total. The lowest BCUT2D eigenvalue weighted by Crippen LogP contribution is -2.37. The van der Waals surface area contributed by atoms with E-state index in [-0.39, 0.29) is 0 Å². The van der Waals surface area contributed by atoms with Gasteiger partial charge in [0.2, 0.25) is 0 Å². The van der Waals surface area contributed by atoms with Crippen LogP contribution in [0.1, 0.15) is 65.7 Å². The smallest absolute Gasteiger partial charge is 0.396 e. The maximum absolute atomic E-state index is 9.14. The van der Waals surface area contributed by atoms with Crippen LogP contribution in [0.4, 0.5) is 0 Å². The highest BCUT2D eigenvalue weighted by Crippen LogP contribution is 2.25. The average molecular weight is 327 g/mol. The third kappa shape index (κ3) is 20.0. The first-order chi connectivity index (χ1) is 9.79. The number of unbranched alkanes of at least 4 members (excludes halogenated alkanes) is 2. The van der Waals surface area contributed by atoms with Gasteiger partial charge in [0.1, 0.15) is 0 Å². The van der Waals surface area contributed by atoms with Gasteiger partial charge in [0.05, 0.1) is 0 Å². The number of hydrogen-bond acceptors (Lipinski definition) is 3. The quantitative estimate of drug-likeness (QED) is 0.435. The molecule has 0 aliphatic heterocycles. The Balaban J connectivity index is 0. The summed E-state index contributed by atoms with van der Waals surface area (Å²) in [4.78, 5) is 24.2. The molecular formula is C14H34NO5P. The number of aliphatic hydroxyl groups is 1. The molecule has 0 aromatic carbocycles. The lowest BCUT2D eigenvalue weighted by molar-refractivity contribution is 0.144. The van der Waals surface area contributed by atoms with Gasteiger partial charge in [-0.2, -0.15) is 0 Å². The van der Waals surface area contributed by atoms with E-state index in [0.717, 1.165) is 6.42 Å². The van der Waals surface area contributed by atoms with Crippen molar-refractivity contribution >= 4 is 7.82 Å². The first kappa shape index (κ1) is 23.3. The highest BCUT2D eigenvalue weighted by molar-refractivity contribution is 7.45. The van der Waals surface area contributed by atoms with Crippen molar-refractivity contribution in [2.45, 2.75) is 71.8 Å². The van der Waals surface area contributed by atoms with E-state index in [1.54, 1.807) is 0 Å². The molecule has 0 spiro atoms. The fourth-order valence-electron chi connectivity index (χ4n) is 2.19. The molecule has 0 aromatic heterocycles. The van der Waals surface area contributed by atoms with Crippen molar-refractivity contribution in [2.75, 3.05) is 19.7 Å². The van der Waals surface area contributed by atoms with Gasteiger partial charge in [-0.05, 0) is 38.8 Å². The molecule has 7 heteroatoms. The van der Waals surface area contributed by atoms with E-state index < -0.39 is 7.82 Å². The van der Waals surface area contributed by atoms with Crippen LogP contribution in [0, 0.1) is 0 Å². The van der Waals surface area contributed by atoms with Crippen LogP contribution in [0.25, 0.3) is 0 Å². The molecule has 1 unspecified atom stereocenters. The first-order valence-corrected chi connectivity index (χ1v) is 9.49. The Morgan fingerprint density at radius 3 is 1.62 bits per heavy atom. The van der Waals surface area contributed by atoms with Crippen LogP contribution < -0.4 is 0 Å². The summed E-state index contributed by atoms with van der Waals surface area (Å²) in [5, 5.41) is 9.14. The third-order valence-electron chi connectivity index (χ3n) is 3.20. The fraction of sp³-hybridized carbons (Fsp3) is 1.00. The van der Waals surface area contributed by atoms with Crippen LogP contribution in [0.2, 0.25) is 0 Å². The largest absolute Gasteiger partial charge is 0.466 e. The molecule has 0 rings (SSSR count). The van der Waals surface area contributed by atoms with Gasteiger partial charge in [0.25, 0.3) is 0 Å². The second-order valence-corrected chi connectivity index (χ2v) is 6.24. The minimum Gasteiger partial charge on any atom is -0.396 e. The zero-order valence-electron chi connectivity index (χ0n) is 13.7. The van der Waals surface area contributed by atoms with Crippen molar-refractivity contribution in [3.05, 3.63) is 0 Å². The molecule has 0 aliphatic carbocycles. The maximum Gasteiger partial charge on any atom is 0.466 e. The lowest BCUT2D eigenvalue weighted by Gasteiger charge is -2.31. The van der Waals surface area contributed by atoms with Gasteiger partial charge in [-0.15, -0.1) is 0 Å². The van der Waals surface area contributed by atoms with Gasteiger partial charge in [-0.1, -0.05) is 40.0 Å². The molecule has 0 bridgehead atoms. The van der Waals surface area contributed by atoms with E-state index in [4.69, 9.17) is 24.4 Å². The molecule has 0 saturated heterocycles. The molecule has 0 radical (unpaired) electrons. The molecule has 0 heterocycles. The van der Waals surface area contributed by atoms with Crippen LogP contribution >= 0.6 is 7.82 Å². The minimum absolute atomic E-state index is 0.333. The number of phosphoric acid groups is 1. The van der Waals surface area contributed by atoms with Gasteiger partial charge in [-0.3, -0.25) is 0 Å². The van der Waals surface area contributed by atoms with Gasteiger partial charge in [0.15, 0.2) is 0 Å². The number of nitrogens with zero attached hydrogens (tertiary/aromatic N) is 1. The summed E-state index contributed by atoms with van der Waals surface area (Å²) in [6, 6.07) is 0.605. The molecule has 0 aliphatic rings. The Bertz CT molecular complexity index is 237.